The molecule has 2 heteroatoms. The van der Waals surface area contributed by atoms with E-state index in [1.807, 2.05) is 18.3 Å². The number of hydrogen-bond donors (Lipinski definition) is 1. The van der Waals surface area contributed by atoms with Crippen molar-refractivity contribution in [1.82, 2.24) is 10.3 Å². The highest BCUT2D eigenvalue weighted by Gasteiger charge is 2.37. The van der Waals surface area contributed by atoms with Gasteiger partial charge in [-0.05, 0) is 44.7 Å². The first-order valence-electron chi connectivity index (χ1n) is 5.33. The van der Waals surface area contributed by atoms with Gasteiger partial charge in [0.05, 0.1) is 5.69 Å². The molecule has 1 aliphatic carbocycles. The maximum Gasteiger partial charge on any atom is 0.0541 e. The number of nitrogens with zero attached hydrogens (tertiary/aromatic N) is 1. The van der Waals surface area contributed by atoms with E-state index >= 15 is 0 Å². The average molecular weight is 190 g/mol. The maximum atomic E-state index is 4.30. The number of pyridine rings is 1. The van der Waals surface area contributed by atoms with Gasteiger partial charge in [-0.1, -0.05) is 6.07 Å². The highest BCUT2D eigenvalue weighted by molar-refractivity contribution is 5.04. The molecule has 0 unspecified atom stereocenters. The third-order valence-electron chi connectivity index (χ3n) is 3.05. The van der Waals surface area contributed by atoms with Crippen LogP contribution in [0.2, 0.25) is 0 Å². The zero-order valence-corrected chi connectivity index (χ0v) is 8.96. The molecular formula is C12H18N2. The Morgan fingerprint density at radius 3 is 2.79 bits per heavy atom. The third-order valence-corrected chi connectivity index (χ3v) is 3.05. The highest BCUT2D eigenvalue weighted by atomic mass is 15.0. The standard InChI is InChI=1S/C12H18N2/c1-12(2,10-6-7-10)14-9-11-5-3-4-8-13-11/h3-5,8,10,14H,6-7,9H2,1-2H3. The SMILES string of the molecule is CC(C)(NCc1ccccn1)C1CC1. The van der Waals surface area contributed by atoms with Crippen LogP contribution in [0.15, 0.2) is 24.4 Å². The molecule has 0 saturated heterocycles. The van der Waals surface area contributed by atoms with Crippen molar-refractivity contribution in [2.24, 2.45) is 5.92 Å². The predicted octanol–water partition coefficient (Wildman–Crippen LogP) is 2.36. The lowest BCUT2D eigenvalue weighted by molar-refractivity contribution is 0.337. The summed E-state index contributed by atoms with van der Waals surface area (Å²) in [6.45, 7) is 5.45. The van der Waals surface area contributed by atoms with Crippen LogP contribution in [0.3, 0.4) is 0 Å². The summed E-state index contributed by atoms with van der Waals surface area (Å²) in [5, 5.41) is 3.57. The van der Waals surface area contributed by atoms with Gasteiger partial charge in [0, 0.05) is 18.3 Å². The lowest BCUT2D eigenvalue weighted by atomic mass is 9.99. The first-order valence-corrected chi connectivity index (χ1v) is 5.33. The van der Waals surface area contributed by atoms with E-state index in [2.05, 4.69) is 30.2 Å². The van der Waals surface area contributed by atoms with Crippen LogP contribution in [0, 0.1) is 5.92 Å². The zero-order valence-electron chi connectivity index (χ0n) is 8.96. The van der Waals surface area contributed by atoms with Crippen LogP contribution in [0.5, 0.6) is 0 Å². The molecule has 14 heavy (non-hydrogen) atoms. The Morgan fingerprint density at radius 2 is 2.21 bits per heavy atom. The van der Waals surface area contributed by atoms with E-state index in [1.165, 1.54) is 12.8 Å². The van der Waals surface area contributed by atoms with Gasteiger partial charge in [0.25, 0.3) is 0 Å². The lowest BCUT2D eigenvalue weighted by Gasteiger charge is -2.26. The van der Waals surface area contributed by atoms with Crippen molar-refractivity contribution in [2.45, 2.75) is 38.8 Å². The lowest BCUT2D eigenvalue weighted by Crippen LogP contribution is -2.40. The van der Waals surface area contributed by atoms with Gasteiger partial charge in [-0.3, -0.25) is 4.98 Å². The summed E-state index contributed by atoms with van der Waals surface area (Å²) in [5.74, 6) is 0.867. The summed E-state index contributed by atoms with van der Waals surface area (Å²) in [4.78, 5) is 4.30. The Labute approximate surface area is 85.7 Å². The van der Waals surface area contributed by atoms with Gasteiger partial charge >= 0.3 is 0 Å². The fourth-order valence-corrected chi connectivity index (χ4v) is 1.77. The molecule has 1 N–H and O–H groups in total. The van der Waals surface area contributed by atoms with Gasteiger partial charge in [0.1, 0.15) is 0 Å². The van der Waals surface area contributed by atoms with Crippen LogP contribution >= 0.6 is 0 Å². The molecule has 1 aromatic rings. The average Bonchev–Trinajstić information content (AvgIpc) is 3.00. The molecule has 1 saturated carbocycles. The van der Waals surface area contributed by atoms with Gasteiger partial charge in [0.2, 0.25) is 0 Å². The summed E-state index contributed by atoms with van der Waals surface area (Å²) in [7, 11) is 0. The van der Waals surface area contributed by atoms with E-state index in [-0.39, 0.29) is 5.54 Å². The molecule has 1 aliphatic rings. The molecule has 0 bridgehead atoms. The fourth-order valence-electron chi connectivity index (χ4n) is 1.77. The molecule has 1 fully saturated rings. The summed E-state index contributed by atoms with van der Waals surface area (Å²) in [5.41, 5.74) is 1.40. The Hall–Kier alpha value is -0.890. The van der Waals surface area contributed by atoms with E-state index in [0.29, 0.717) is 0 Å². The van der Waals surface area contributed by atoms with Crippen molar-refractivity contribution in [2.75, 3.05) is 0 Å². The van der Waals surface area contributed by atoms with Crippen molar-refractivity contribution in [3.8, 4) is 0 Å². The quantitative estimate of drug-likeness (QED) is 0.788. The minimum absolute atomic E-state index is 0.275. The number of nitrogens with one attached hydrogen (secondary N) is 1. The Bertz CT molecular complexity index is 288. The smallest absolute Gasteiger partial charge is 0.0541 e. The van der Waals surface area contributed by atoms with E-state index in [0.717, 1.165) is 18.2 Å². The largest absolute Gasteiger partial charge is 0.306 e. The van der Waals surface area contributed by atoms with Gasteiger partial charge in [-0.15, -0.1) is 0 Å². The number of aromatic nitrogens is 1. The topological polar surface area (TPSA) is 24.9 Å². The molecule has 1 heterocycles. The predicted molar refractivity (Wildman–Crippen MR) is 57.9 cm³/mol. The zero-order chi connectivity index (χ0) is 10.0. The Balaban J connectivity index is 1.87. The van der Waals surface area contributed by atoms with Crippen LogP contribution in [-0.4, -0.2) is 10.5 Å². The number of hydrogen-bond acceptors (Lipinski definition) is 2. The van der Waals surface area contributed by atoms with Gasteiger partial charge < -0.3 is 5.32 Å². The van der Waals surface area contributed by atoms with Crippen molar-refractivity contribution in [3.63, 3.8) is 0 Å². The van der Waals surface area contributed by atoms with Crippen molar-refractivity contribution < 1.29 is 0 Å². The molecule has 0 radical (unpaired) electrons. The minimum Gasteiger partial charge on any atom is -0.306 e. The van der Waals surface area contributed by atoms with Crippen LogP contribution in [0.4, 0.5) is 0 Å². The normalized spacial score (nSPS) is 17.0. The first kappa shape index (κ1) is 9.66. The summed E-state index contributed by atoms with van der Waals surface area (Å²) >= 11 is 0. The van der Waals surface area contributed by atoms with E-state index in [1.54, 1.807) is 0 Å². The van der Waals surface area contributed by atoms with Gasteiger partial charge in [-0.2, -0.15) is 0 Å². The van der Waals surface area contributed by atoms with Crippen molar-refractivity contribution in [1.29, 1.82) is 0 Å². The highest BCUT2D eigenvalue weighted by Crippen LogP contribution is 2.39. The van der Waals surface area contributed by atoms with E-state index in [9.17, 15) is 0 Å². The molecule has 1 aromatic heterocycles. The molecule has 2 rings (SSSR count). The van der Waals surface area contributed by atoms with E-state index in [4.69, 9.17) is 0 Å². The van der Waals surface area contributed by atoms with E-state index < -0.39 is 0 Å². The summed E-state index contributed by atoms with van der Waals surface area (Å²) in [6, 6.07) is 6.06. The molecule has 0 aliphatic heterocycles. The molecule has 76 valence electrons. The van der Waals surface area contributed by atoms with Crippen molar-refractivity contribution >= 4 is 0 Å². The van der Waals surface area contributed by atoms with Crippen molar-refractivity contribution in [3.05, 3.63) is 30.1 Å². The molecule has 2 nitrogen and oxygen atoms in total. The first-order chi connectivity index (χ1) is 6.68. The second-order valence-corrected chi connectivity index (χ2v) is 4.67. The fraction of sp³-hybridized carbons (Fsp3) is 0.583. The second-order valence-electron chi connectivity index (χ2n) is 4.67. The third kappa shape index (κ3) is 2.32. The minimum atomic E-state index is 0.275. The maximum absolute atomic E-state index is 4.30. The van der Waals surface area contributed by atoms with Gasteiger partial charge in [-0.25, -0.2) is 0 Å². The Kier molecular flexibility index (Phi) is 2.55. The van der Waals surface area contributed by atoms with Crippen LogP contribution in [-0.2, 0) is 6.54 Å². The molecule has 0 aromatic carbocycles. The second kappa shape index (κ2) is 3.70. The number of rotatable bonds is 4. The molecule has 0 spiro atoms. The molecular weight excluding hydrogens is 172 g/mol. The summed E-state index contributed by atoms with van der Waals surface area (Å²) in [6.07, 6.45) is 4.60. The van der Waals surface area contributed by atoms with Crippen LogP contribution in [0.1, 0.15) is 32.4 Å². The molecule has 0 atom stereocenters. The van der Waals surface area contributed by atoms with Gasteiger partial charge in [0.15, 0.2) is 0 Å². The van der Waals surface area contributed by atoms with Crippen LogP contribution in [0.25, 0.3) is 0 Å². The monoisotopic (exact) mass is 190 g/mol. The van der Waals surface area contributed by atoms with Crippen LogP contribution < -0.4 is 5.32 Å². The molecule has 0 amide bonds. The summed E-state index contributed by atoms with van der Waals surface area (Å²) < 4.78 is 0. The Morgan fingerprint density at radius 1 is 1.43 bits per heavy atom.